The molecular formula is C30H34ClN5O3S. The Morgan fingerprint density at radius 2 is 1.77 bits per heavy atom. The lowest BCUT2D eigenvalue weighted by Crippen LogP contribution is -2.35. The molecule has 10 heteroatoms. The number of nitrogens with one attached hydrogen (secondary N) is 2. The van der Waals surface area contributed by atoms with Crippen LogP contribution in [-0.2, 0) is 21.4 Å². The number of carbonyl (C=O) groups is 1. The number of halogens is 1. The van der Waals surface area contributed by atoms with E-state index in [-0.39, 0.29) is 17.3 Å². The Hall–Kier alpha value is -3.56. The number of aromatic nitrogens is 2. The third-order valence-electron chi connectivity index (χ3n) is 7.60. The summed E-state index contributed by atoms with van der Waals surface area (Å²) in [6, 6.07) is 14.6. The molecule has 40 heavy (non-hydrogen) atoms. The number of sulfonamides is 1. The highest BCUT2D eigenvalue weighted by atomic mass is 35.5. The fourth-order valence-corrected chi connectivity index (χ4v) is 6.88. The molecule has 0 saturated carbocycles. The van der Waals surface area contributed by atoms with Crippen LogP contribution in [0.25, 0.3) is 10.9 Å². The van der Waals surface area contributed by atoms with E-state index in [2.05, 4.69) is 19.9 Å². The minimum Gasteiger partial charge on any atom is -0.371 e. The van der Waals surface area contributed by atoms with E-state index in [1.807, 2.05) is 47.4 Å². The number of carbonyl (C=O) groups excluding carboxylic acids is 1. The summed E-state index contributed by atoms with van der Waals surface area (Å²) in [5.41, 5.74) is 3.69. The zero-order valence-electron chi connectivity index (χ0n) is 22.7. The van der Waals surface area contributed by atoms with E-state index in [9.17, 15) is 13.2 Å². The number of rotatable bonds is 9. The molecule has 1 fully saturated rings. The molecule has 0 aliphatic carbocycles. The molecule has 1 aliphatic heterocycles. The first-order valence-electron chi connectivity index (χ1n) is 13.5. The second kappa shape index (κ2) is 11.9. The van der Waals surface area contributed by atoms with E-state index in [0.717, 1.165) is 43.3 Å². The first-order valence-corrected chi connectivity index (χ1v) is 15.4. The van der Waals surface area contributed by atoms with Crippen LogP contribution in [0.1, 0.15) is 30.4 Å². The first kappa shape index (κ1) is 28.0. The lowest BCUT2D eigenvalue weighted by Gasteiger charge is -2.33. The topological polar surface area (TPSA) is 96.3 Å². The third-order valence-corrected chi connectivity index (χ3v) is 9.53. The van der Waals surface area contributed by atoms with E-state index in [4.69, 9.17) is 11.6 Å². The summed E-state index contributed by atoms with van der Waals surface area (Å²) in [4.78, 5) is 19.4. The summed E-state index contributed by atoms with van der Waals surface area (Å²) in [6.07, 6.45) is 8.67. The van der Waals surface area contributed by atoms with Crippen LogP contribution >= 0.6 is 11.6 Å². The zero-order valence-corrected chi connectivity index (χ0v) is 24.3. The van der Waals surface area contributed by atoms with Crippen molar-refractivity contribution < 1.29 is 13.2 Å². The standard InChI is InChI=1S/C30H34ClN5O3S/c1-21-18-29(22(2)17-27(21)31)40(38,39)34-25-4-3-24-10-16-36(28(24)19-25)20-30(37)33-13-5-23-8-14-35(15-9-23)26-6-11-32-12-7-26/h3-4,6-7,10-12,16-19,23,34H,5,8-9,13-15,20H2,1-2H3,(H,33,37). The van der Waals surface area contributed by atoms with Gasteiger partial charge >= 0.3 is 0 Å². The highest BCUT2D eigenvalue weighted by Crippen LogP contribution is 2.28. The number of anilines is 2. The zero-order chi connectivity index (χ0) is 28.3. The van der Waals surface area contributed by atoms with Crippen molar-refractivity contribution >= 4 is 49.8 Å². The maximum Gasteiger partial charge on any atom is 0.262 e. The molecule has 0 spiro atoms. The van der Waals surface area contributed by atoms with E-state index in [1.54, 1.807) is 38.1 Å². The molecule has 1 amide bonds. The summed E-state index contributed by atoms with van der Waals surface area (Å²) in [5.74, 6) is 0.527. The van der Waals surface area contributed by atoms with E-state index < -0.39 is 10.0 Å². The number of amides is 1. The summed E-state index contributed by atoms with van der Waals surface area (Å²) in [6.45, 7) is 6.33. The highest BCUT2D eigenvalue weighted by Gasteiger charge is 2.21. The van der Waals surface area contributed by atoms with Gasteiger partial charge in [0.15, 0.2) is 0 Å². The molecule has 0 radical (unpaired) electrons. The van der Waals surface area contributed by atoms with Gasteiger partial charge in [0.25, 0.3) is 10.0 Å². The Morgan fingerprint density at radius 3 is 2.52 bits per heavy atom. The first-order chi connectivity index (χ1) is 19.2. The van der Waals surface area contributed by atoms with E-state index >= 15 is 0 Å². The van der Waals surface area contributed by atoms with Crippen molar-refractivity contribution in [3.63, 3.8) is 0 Å². The van der Waals surface area contributed by atoms with Crippen molar-refractivity contribution in [2.75, 3.05) is 29.3 Å². The Labute approximate surface area is 240 Å². The monoisotopic (exact) mass is 579 g/mol. The van der Waals surface area contributed by atoms with Crippen molar-refractivity contribution in [2.24, 2.45) is 5.92 Å². The number of pyridine rings is 1. The lowest BCUT2D eigenvalue weighted by atomic mass is 9.93. The Balaban J connectivity index is 1.16. The quantitative estimate of drug-likeness (QED) is 0.272. The van der Waals surface area contributed by atoms with Crippen molar-refractivity contribution in [1.29, 1.82) is 0 Å². The normalized spacial score (nSPS) is 14.4. The molecule has 0 bridgehead atoms. The maximum atomic E-state index is 13.1. The largest absolute Gasteiger partial charge is 0.371 e. The number of hydrogen-bond acceptors (Lipinski definition) is 5. The number of hydrogen-bond donors (Lipinski definition) is 2. The number of piperidine rings is 1. The number of fused-ring (bicyclic) bond motifs is 1. The van der Waals surface area contributed by atoms with Gasteiger partial charge in [-0.3, -0.25) is 14.5 Å². The summed E-state index contributed by atoms with van der Waals surface area (Å²) < 4.78 is 30.8. The van der Waals surface area contributed by atoms with Crippen molar-refractivity contribution in [2.45, 2.75) is 44.6 Å². The highest BCUT2D eigenvalue weighted by molar-refractivity contribution is 7.92. The minimum absolute atomic E-state index is 0.0648. The van der Waals surface area contributed by atoms with Crippen LogP contribution in [-0.4, -0.2) is 43.5 Å². The summed E-state index contributed by atoms with van der Waals surface area (Å²) in [5, 5.41) is 4.52. The van der Waals surface area contributed by atoms with Gasteiger partial charge in [-0.2, -0.15) is 0 Å². The second-order valence-corrected chi connectivity index (χ2v) is 12.5. The molecule has 0 atom stereocenters. The molecule has 1 saturated heterocycles. The molecule has 2 aromatic heterocycles. The Kier molecular flexibility index (Phi) is 8.32. The number of nitrogens with zero attached hydrogens (tertiary/aromatic N) is 3. The van der Waals surface area contributed by atoms with Crippen molar-refractivity contribution in [1.82, 2.24) is 14.9 Å². The second-order valence-electron chi connectivity index (χ2n) is 10.5. The van der Waals surface area contributed by atoms with Gasteiger partial charge in [-0.15, -0.1) is 0 Å². The Bertz CT molecular complexity index is 1610. The SMILES string of the molecule is Cc1cc(S(=O)(=O)Nc2ccc3ccn(CC(=O)NCCC4CCN(c5ccncc5)CC4)c3c2)c(C)cc1Cl. The van der Waals surface area contributed by atoms with Crippen LogP contribution in [0.4, 0.5) is 11.4 Å². The fourth-order valence-electron chi connectivity index (χ4n) is 5.30. The van der Waals surface area contributed by atoms with Crippen LogP contribution in [0, 0.1) is 19.8 Å². The molecule has 2 N–H and O–H groups in total. The van der Waals surface area contributed by atoms with Crippen molar-refractivity contribution in [3.05, 3.63) is 83.3 Å². The van der Waals surface area contributed by atoms with Crippen LogP contribution < -0.4 is 14.9 Å². The average Bonchev–Trinajstić information content (AvgIpc) is 3.33. The van der Waals surface area contributed by atoms with Gasteiger partial charge in [0.05, 0.1) is 16.1 Å². The molecule has 5 rings (SSSR count). The van der Waals surface area contributed by atoms with Crippen LogP contribution in [0.15, 0.2) is 72.0 Å². The lowest BCUT2D eigenvalue weighted by molar-refractivity contribution is -0.121. The number of benzene rings is 2. The summed E-state index contributed by atoms with van der Waals surface area (Å²) >= 11 is 6.15. The molecule has 0 unspecified atom stereocenters. The van der Waals surface area contributed by atoms with Crippen molar-refractivity contribution in [3.8, 4) is 0 Å². The van der Waals surface area contributed by atoms with Gasteiger partial charge in [-0.1, -0.05) is 17.7 Å². The van der Waals surface area contributed by atoms with Crippen LogP contribution in [0.3, 0.4) is 0 Å². The van der Waals surface area contributed by atoms with Gasteiger partial charge in [0, 0.05) is 48.9 Å². The van der Waals surface area contributed by atoms with Gasteiger partial charge < -0.3 is 14.8 Å². The molecule has 8 nitrogen and oxygen atoms in total. The van der Waals surface area contributed by atoms with Gasteiger partial charge in [-0.25, -0.2) is 8.42 Å². The maximum absolute atomic E-state index is 13.1. The van der Waals surface area contributed by atoms with Crippen LogP contribution in [0.2, 0.25) is 5.02 Å². The Morgan fingerprint density at radius 1 is 1.02 bits per heavy atom. The molecule has 1 aliphatic rings. The number of aryl methyl sites for hydroxylation is 2. The molecule has 4 aromatic rings. The molecule has 210 valence electrons. The predicted molar refractivity (Wildman–Crippen MR) is 160 cm³/mol. The minimum atomic E-state index is -3.82. The van der Waals surface area contributed by atoms with Gasteiger partial charge in [-0.05, 0) is 98.0 Å². The van der Waals surface area contributed by atoms with E-state index in [1.165, 1.54) is 5.69 Å². The van der Waals surface area contributed by atoms with Gasteiger partial charge in [0.2, 0.25) is 5.91 Å². The molecular weight excluding hydrogens is 546 g/mol. The third kappa shape index (κ3) is 6.42. The smallest absolute Gasteiger partial charge is 0.262 e. The average molecular weight is 580 g/mol. The van der Waals surface area contributed by atoms with E-state index in [0.29, 0.717) is 34.3 Å². The predicted octanol–water partition coefficient (Wildman–Crippen LogP) is 5.53. The summed E-state index contributed by atoms with van der Waals surface area (Å²) in [7, 11) is -3.82. The molecule has 3 heterocycles. The molecule has 2 aromatic carbocycles. The van der Waals surface area contributed by atoms with Crippen LogP contribution in [0.5, 0.6) is 0 Å². The van der Waals surface area contributed by atoms with Gasteiger partial charge in [0.1, 0.15) is 6.54 Å². The fraction of sp³-hybridized carbons (Fsp3) is 0.333.